The van der Waals surface area contributed by atoms with Crippen LogP contribution in [0.3, 0.4) is 0 Å². The van der Waals surface area contributed by atoms with Crippen molar-refractivity contribution in [3.05, 3.63) is 29.6 Å². The molecule has 0 saturated heterocycles. The van der Waals surface area contributed by atoms with Crippen LogP contribution in [0, 0.1) is 5.92 Å². The first-order valence-corrected chi connectivity index (χ1v) is 5.88. The molecule has 15 heavy (non-hydrogen) atoms. The number of hydrogen-bond donors (Lipinski definition) is 1. The summed E-state index contributed by atoms with van der Waals surface area (Å²) < 4.78 is 2.41. The smallest absolute Gasteiger partial charge is 0.0485 e. The second-order valence-electron chi connectivity index (χ2n) is 4.83. The predicted octanol–water partition coefficient (Wildman–Crippen LogP) is 2.23. The van der Waals surface area contributed by atoms with Crippen LogP contribution in [0.15, 0.2) is 18.3 Å². The van der Waals surface area contributed by atoms with E-state index in [-0.39, 0.29) is 0 Å². The number of rotatable bonds is 0. The standard InChI is InChI=1S/C13H18N2/c1-9-7-11-8-14-4-6-15-5-3-12(10(9)2)13(11)15/h3,5,7,9-10,14H,4,6,8H2,1-2H3/t9-,10+/m0/s1. The van der Waals surface area contributed by atoms with Crippen molar-refractivity contribution in [2.75, 3.05) is 13.1 Å². The summed E-state index contributed by atoms with van der Waals surface area (Å²) in [6, 6.07) is 2.31. The number of nitrogens with zero attached hydrogens (tertiary/aromatic N) is 1. The summed E-state index contributed by atoms with van der Waals surface area (Å²) in [5.74, 6) is 1.34. The van der Waals surface area contributed by atoms with Crippen LogP contribution in [0.4, 0.5) is 0 Å². The third-order valence-electron chi connectivity index (χ3n) is 3.89. The molecular formula is C13H18N2. The van der Waals surface area contributed by atoms with E-state index in [1.807, 2.05) is 0 Å². The maximum atomic E-state index is 3.49. The molecule has 0 spiro atoms. The van der Waals surface area contributed by atoms with E-state index in [4.69, 9.17) is 0 Å². The van der Waals surface area contributed by atoms with Gasteiger partial charge in [0, 0.05) is 31.5 Å². The third kappa shape index (κ3) is 1.28. The van der Waals surface area contributed by atoms with Gasteiger partial charge in [0.05, 0.1) is 0 Å². The van der Waals surface area contributed by atoms with Gasteiger partial charge in [-0.05, 0) is 29.0 Å². The Hall–Kier alpha value is -1.02. The second kappa shape index (κ2) is 3.24. The van der Waals surface area contributed by atoms with Gasteiger partial charge in [0.1, 0.15) is 0 Å². The molecule has 1 aromatic heterocycles. The summed E-state index contributed by atoms with van der Waals surface area (Å²) in [6.45, 7) is 7.89. The van der Waals surface area contributed by atoms with Gasteiger partial charge in [-0.2, -0.15) is 0 Å². The van der Waals surface area contributed by atoms with Gasteiger partial charge in [-0.3, -0.25) is 0 Å². The van der Waals surface area contributed by atoms with Crippen LogP contribution in [0.1, 0.15) is 31.0 Å². The van der Waals surface area contributed by atoms with Crippen LogP contribution < -0.4 is 5.32 Å². The Bertz CT molecular complexity index is 414. The van der Waals surface area contributed by atoms with E-state index in [2.05, 4.69) is 42.1 Å². The third-order valence-corrected chi connectivity index (χ3v) is 3.89. The first-order valence-electron chi connectivity index (χ1n) is 5.88. The fourth-order valence-corrected chi connectivity index (χ4v) is 2.80. The maximum Gasteiger partial charge on any atom is 0.0485 e. The summed E-state index contributed by atoms with van der Waals surface area (Å²) in [6.07, 6.45) is 4.70. The normalized spacial score (nSPS) is 29.3. The molecule has 0 saturated carbocycles. The summed E-state index contributed by atoms with van der Waals surface area (Å²) in [7, 11) is 0. The fourth-order valence-electron chi connectivity index (χ4n) is 2.80. The molecule has 2 atom stereocenters. The molecule has 1 aliphatic carbocycles. The molecule has 0 unspecified atom stereocenters. The molecule has 1 aliphatic heterocycles. The van der Waals surface area contributed by atoms with Crippen LogP contribution in [0.5, 0.6) is 0 Å². The molecule has 80 valence electrons. The Morgan fingerprint density at radius 1 is 1.40 bits per heavy atom. The van der Waals surface area contributed by atoms with E-state index < -0.39 is 0 Å². The molecule has 1 N–H and O–H groups in total. The van der Waals surface area contributed by atoms with Crippen LogP contribution in [0.2, 0.25) is 0 Å². The van der Waals surface area contributed by atoms with Crippen molar-refractivity contribution in [2.45, 2.75) is 26.3 Å². The van der Waals surface area contributed by atoms with Crippen LogP contribution >= 0.6 is 0 Å². The van der Waals surface area contributed by atoms with Gasteiger partial charge in [-0.15, -0.1) is 0 Å². The number of hydrogen-bond acceptors (Lipinski definition) is 1. The molecule has 0 amide bonds. The van der Waals surface area contributed by atoms with Crippen molar-refractivity contribution in [3.8, 4) is 0 Å². The molecule has 0 bridgehead atoms. The van der Waals surface area contributed by atoms with Crippen molar-refractivity contribution in [3.63, 3.8) is 0 Å². The minimum absolute atomic E-state index is 0.670. The zero-order valence-corrected chi connectivity index (χ0v) is 9.46. The molecule has 2 nitrogen and oxygen atoms in total. The second-order valence-corrected chi connectivity index (χ2v) is 4.83. The van der Waals surface area contributed by atoms with Gasteiger partial charge in [0.15, 0.2) is 0 Å². The minimum atomic E-state index is 0.670. The highest BCUT2D eigenvalue weighted by Crippen LogP contribution is 2.38. The van der Waals surface area contributed by atoms with Crippen LogP contribution in [-0.2, 0) is 6.54 Å². The van der Waals surface area contributed by atoms with Gasteiger partial charge in [-0.25, -0.2) is 0 Å². The first kappa shape index (κ1) is 9.22. The van der Waals surface area contributed by atoms with E-state index in [0.717, 1.165) is 19.6 Å². The van der Waals surface area contributed by atoms with E-state index in [1.165, 1.54) is 11.3 Å². The number of allylic oxidation sites excluding steroid dienone is 1. The van der Waals surface area contributed by atoms with Gasteiger partial charge in [-0.1, -0.05) is 19.9 Å². The summed E-state index contributed by atoms with van der Waals surface area (Å²) >= 11 is 0. The van der Waals surface area contributed by atoms with E-state index in [9.17, 15) is 0 Å². The first-order chi connectivity index (χ1) is 7.27. The quantitative estimate of drug-likeness (QED) is 0.682. The van der Waals surface area contributed by atoms with E-state index >= 15 is 0 Å². The Morgan fingerprint density at radius 2 is 2.27 bits per heavy atom. The van der Waals surface area contributed by atoms with Gasteiger partial charge in [0.25, 0.3) is 0 Å². The predicted molar refractivity (Wildman–Crippen MR) is 62.9 cm³/mol. The van der Waals surface area contributed by atoms with Crippen molar-refractivity contribution in [2.24, 2.45) is 5.92 Å². The lowest BCUT2D eigenvalue weighted by atomic mass is 9.81. The van der Waals surface area contributed by atoms with Crippen molar-refractivity contribution in [1.82, 2.24) is 9.88 Å². The summed E-state index contributed by atoms with van der Waals surface area (Å²) in [4.78, 5) is 0. The topological polar surface area (TPSA) is 17.0 Å². The molecule has 0 fully saturated rings. The van der Waals surface area contributed by atoms with Crippen molar-refractivity contribution >= 4 is 5.57 Å². The summed E-state index contributed by atoms with van der Waals surface area (Å²) in [5, 5.41) is 3.49. The molecule has 0 radical (unpaired) electrons. The largest absolute Gasteiger partial charge is 0.346 e. The lowest BCUT2D eigenvalue weighted by Gasteiger charge is -2.25. The SMILES string of the molecule is C[C@H]1C=C2CNCCn3ccc(c32)[C@@H]1C. The highest BCUT2D eigenvalue weighted by molar-refractivity contribution is 5.71. The van der Waals surface area contributed by atoms with Crippen molar-refractivity contribution < 1.29 is 0 Å². The Kier molecular flexibility index (Phi) is 1.99. The molecule has 0 aromatic carbocycles. The Balaban J connectivity index is 2.19. The lowest BCUT2D eigenvalue weighted by Crippen LogP contribution is -2.19. The average molecular weight is 202 g/mol. The number of nitrogens with one attached hydrogen (secondary N) is 1. The molecule has 3 rings (SSSR count). The number of aromatic nitrogens is 1. The molecule has 2 heterocycles. The van der Waals surface area contributed by atoms with Crippen molar-refractivity contribution in [1.29, 1.82) is 0 Å². The van der Waals surface area contributed by atoms with E-state index in [1.54, 1.807) is 5.56 Å². The summed E-state index contributed by atoms with van der Waals surface area (Å²) in [5.41, 5.74) is 4.53. The minimum Gasteiger partial charge on any atom is -0.346 e. The Labute approximate surface area is 91.0 Å². The van der Waals surface area contributed by atoms with Gasteiger partial charge >= 0.3 is 0 Å². The highest BCUT2D eigenvalue weighted by Gasteiger charge is 2.27. The molecule has 2 aliphatic rings. The monoisotopic (exact) mass is 202 g/mol. The lowest BCUT2D eigenvalue weighted by molar-refractivity contribution is 0.578. The molecule has 1 aromatic rings. The zero-order chi connectivity index (χ0) is 10.4. The van der Waals surface area contributed by atoms with Gasteiger partial charge < -0.3 is 9.88 Å². The molecule has 2 heteroatoms. The molecular weight excluding hydrogens is 184 g/mol. The van der Waals surface area contributed by atoms with Gasteiger partial charge in [0.2, 0.25) is 0 Å². The zero-order valence-electron chi connectivity index (χ0n) is 9.46. The average Bonchev–Trinajstić information content (AvgIpc) is 2.54. The van der Waals surface area contributed by atoms with Crippen LogP contribution in [-0.4, -0.2) is 17.7 Å². The highest BCUT2D eigenvalue weighted by atomic mass is 15.0. The Morgan fingerprint density at radius 3 is 3.13 bits per heavy atom. The van der Waals surface area contributed by atoms with Crippen LogP contribution in [0.25, 0.3) is 5.57 Å². The van der Waals surface area contributed by atoms with E-state index in [0.29, 0.717) is 11.8 Å². The maximum absolute atomic E-state index is 3.49. The fraction of sp³-hybridized carbons (Fsp3) is 0.538.